The Balaban J connectivity index is 1.62. The number of amides is 3. The predicted octanol–water partition coefficient (Wildman–Crippen LogP) is 1.20. The maximum absolute atomic E-state index is 12.0. The van der Waals surface area contributed by atoms with Gasteiger partial charge in [0.05, 0.1) is 15.3 Å². The molecule has 0 bridgehead atoms. The fraction of sp³-hybridized carbons (Fsp3) is 0.364. The molecule has 0 radical (unpaired) electrons. The lowest BCUT2D eigenvalue weighted by molar-refractivity contribution is -0.129. The molecule has 0 aliphatic carbocycles. The molecule has 3 amide bonds. The van der Waals surface area contributed by atoms with Crippen LogP contribution in [0.4, 0.5) is 4.79 Å². The highest BCUT2D eigenvalue weighted by Gasteiger charge is 2.44. The van der Waals surface area contributed by atoms with E-state index in [2.05, 4.69) is 4.74 Å². The molecule has 0 aromatic carbocycles. The standard InChI is InChI=1S/C11H9ClN2O4S/c12-8-2-1-7(19-8)10(16)13-3-6(4-13)14-9(15)5-18-11(14)17/h1-2,6H,3-5H2. The van der Waals surface area contributed by atoms with Gasteiger partial charge in [-0.2, -0.15) is 0 Å². The predicted molar refractivity (Wildman–Crippen MR) is 67.2 cm³/mol. The van der Waals surface area contributed by atoms with Crippen molar-refractivity contribution in [2.24, 2.45) is 0 Å². The summed E-state index contributed by atoms with van der Waals surface area (Å²) in [6, 6.07) is 3.05. The first-order valence-electron chi connectivity index (χ1n) is 5.59. The van der Waals surface area contributed by atoms with E-state index in [1.54, 1.807) is 17.0 Å². The van der Waals surface area contributed by atoms with E-state index in [-0.39, 0.29) is 24.5 Å². The second-order valence-corrected chi connectivity index (χ2v) is 6.00. The number of likely N-dealkylation sites (tertiary alicyclic amines) is 1. The molecule has 0 atom stereocenters. The SMILES string of the molecule is O=C(c1ccc(Cl)s1)N1CC(N2C(=O)COC2=O)C1. The number of carbonyl (C=O) groups is 3. The number of imide groups is 1. The van der Waals surface area contributed by atoms with E-state index >= 15 is 0 Å². The summed E-state index contributed by atoms with van der Waals surface area (Å²) in [6.45, 7) is 0.480. The molecule has 3 rings (SSSR count). The van der Waals surface area contributed by atoms with E-state index in [0.29, 0.717) is 22.3 Å². The van der Waals surface area contributed by atoms with Crippen molar-refractivity contribution >= 4 is 40.8 Å². The normalized spacial score (nSPS) is 19.6. The van der Waals surface area contributed by atoms with Gasteiger partial charge < -0.3 is 9.64 Å². The van der Waals surface area contributed by atoms with Gasteiger partial charge in [-0.05, 0) is 12.1 Å². The quantitative estimate of drug-likeness (QED) is 0.823. The zero-order chi connectivity index (χ0) is 13.6. The van der Waals surface area contributed by atoms with Crippen LogP contribution >= 0.6 is 22.9 Å². The minimum atomic E-state index is -0.624. The van der Waals surface area contributed by atoms with Crippen LogP contribution in [0, 0.1) is 0 Å². The van der Waals surface area contributed by atoms with Crippen LogP contribution in [-0.4, -0.2) is 53.4 Å². The molecule has 0 saturated carbocycles. The maximum Gasteiger partial charge on any atom is 0.417 e. The van der Waals surface area contributed by atoms with Gasteiger partial charge in [-0.25, -0.2) is 9.69 Å². The smallest absolute Gasteiger partial charge is 0.417 e. The zero-order valence-electron chi connectivity index (χ0n) is 9.67. The van der Waals surface area contributed by atoms with Gasteiger partial charge in [-0.3, -0.25) is 9.59 Å². The van der Waals surface area contributed by atoms with E-state index in [9.17, 15) is 14.4 Å². The molecule has 0 N–H and O–H groups in total. The van der Waals surface area contributed by atoms with Gasteiger partial charge in [0.2, 0.25) is 0 Å². The van der Waals surface area contributed by atoms with Gasteiger partial charge in [0.15, 0.2) is 6.61 Å². The molecular weight excluding hydrogens is 292 g/mol. The Morgan fingerprint density at radius 2 is 2.11 bits per heavy atom. The van der Waals surface area contributed by atoms with Crippen LogP contribution < -0.4 is 0 Å². The molecule has 0 unspecified atom stereocenters. The summed E-state index contributed by atoms with van der Waals surface area (Å²) in [5.74, 6) is -0.477. The third-order valence-corrected chi connectivity index (χ3v) is 4.30. The Morgan fingerprint density at radius 3 is 2.63 bits per heavy atom. The molecule has 19 heavy (non-hydrogen) atoms. The van der Waals surface area contributed by atoms with Gasteiger partial charge in [0.25, 0.3) is 11.8 Å². The van der Waals surface area contributed by atoms with Gasteiger partial charge in [0, 0.05) is 13.1 Å². The molecule has 100 valence electrons. The zero-order valence-corrected chi connectivity index (χ0v) is 11.2. The lowest BCUT2D eigenvalue weighted by Gasteiger charge is -2.41. The van der Waals surface area contributed by atoms with Gasteiger partial charge in [-0.15, -0.1) is 11.3 Å². The van der Waals surface area contributed by atoms with Crippen LogP contribution in [0.1, 0.15) is 9.67 Å². The minimum absolute atomic E-state index is 0.131. The van der Waals surface area contributed by atoms with Crippen molar-refractivity contribution in [1.82, 2.24) is 9.80 Å². The van der Waals surface area contributed by atoms with Crippen LogP contribution in [0.3, 0.4) is 0 Å². The average molecular weight is 301 g/mol. The van der Waals surface area contributed by atoms with E-state index in [1.807, 2.05) is 0 Å². The van der Waals surface area contributed by atoms with Crippen molar-refractivity contribution in [3.63, 3.8) is 0 Å². The molecule has 0 spiro atoms. The fourth-order valence-electron chi connectivity index (χ4n) is 2.09. The number of hydrogen-bond acceptors (Lipinski definition) is 5. The van der Waals surface area contributed by atoms with Crippen LogP contribution in [-0.2, 0) is 9.53 Å². The van der Waals surface area contributed by atoms with Crippen molar-refractivity contribution in [3.05, 3.63) is 21.3 Å². The summed E-state index contributed by atoms with van der Waals surface area (Å²) in [5, 5.41) is 0. The van der Waals surface area contributed by atoms with Crippen molar-refractivity contribution in [1.29, 1.82) is 0 Å². The summed E-state index contributed by atoms with van der Waals surface area (Å²) in [5.41, 5.74) is 0. The summed E-state index contributed by atoms with van der Waals surface area (Å²) in [7, 11) is 0. The summed E-state index contributed by atoms with van der Waals surface area (Å²) >= 11 is 6.98. The van der Waals surface area contributed by atoms with E-state index in [0.717, 1.165) is 4.90 Å². The van der Waals surface area contributed by atoms with Crippen molar-refractivity contribution in [2.75, 3.05) is 19.7 Å². The molecule has 2 aliphatic rings. The molecule has 6 nitrogen and oxygen atoms in total. The Bertz CT molecular complexity index is 551. The number of halogens is 1. The number of carbonyl (C=O) groups excluding carboxylic acids is 3. The third kappa shape index (κ3) is 2.08. The number of cyclic esters (lactones) is 1. The highest BCUT2D eigenvalue weighted by atomic mass is 35.5. The largest absolute Gasteiger partial charge is 0.439 e. The molecule has 2 aliphatic heterocycles. The highest BCUT2D eigenvalue weighted by Crippen LogP contribution is 2.26. The average Bonchev–Trinajstić information content (AvgIpc) is 2.87. The molecule has 1 aromatic rings. The van der Waals surface area contributed by atoms with E-state index < -0.39 is 6.09 Å². The van der Waals surface area contributed by atoms with Crippen LogP contribution in [0.15, 0.2) is 12.1 Å². The summed E-state index contributed by atoms with van der Waals surface area (Å²) in [6.07, 6.45) is -0.624. The molecule has 2 saturated heterocycles. The minimum Gasteiger partial charge on any atom is -0.439 e. The Kier molecular flexibility index (Phi) is 2.94. The summed E-state index contributed by atoms with van der Waals surface area (Å²) in [4.78, 5) is 38.0. The van der Waals surface area contributed by atoms with Gasteiger partial charge >= 0.3 is 6.09 Å². The lowest BCUT2D eigenvalue weighted by Crippen LogP contribution is -2.62. The first-order chi connectivity index (χ1) is 9.06. The molecule has 1 aromatic heterocycles. The third-order valence-electron chi connectivity index (χ3n) is 3.08. The number of nitrogens with zero attached hydrogens (tertiary/aromatic N) is 2. The van der Waals surface area contributed by atoms with E-state index in [4.69, 9.17) is 11.6 Å². The first-order valence-corrected chi connectivity index (χ1v) is 6.79. The molecule has 3 heterocycles. The Morgan fingerprint density at radius 1 is 1.37 bits per heavy atom. The number of hydrogen-bond donors (Lipinski definition) is 0. The van der Waals surface area contributed by atoms with Crippen LogP contribution in [0.5, 0.6) is 0 Å². The Labute approximate surface area is 117 Å². The lowest BCUT2D eigenvalue weighted by atomic mass is 10.1. The van der Waals surface area contributed by atoms with Crippen LogP contribution in [0.2, 0.25) is 4.34 Å². The van der Waals surface area contributed by atoms with Gasteiger partial charge in [0.1, 0.15) is 0 Å². The van der Waals surface area contributed by atoms with Crippen molar-refractivity contribution in [3.8, 4) is 0 Å². The number of ether oxygens (including phenoxy) is 1. The van der Waals surface area contributed by atoms with Crippen molar-refractivity contribution < 1.29 is 19.1 Å². The first kappa shape index (κ1) is 12.4. The molecular formula is C11H9ClN2O4S. The number of rotatable bonds is 2. The second-order valence-electron chi connectivity index (χ2n) is 4.29. The molecule has 8 heteroatoms. The second kappa shape index (κ2) is 4.50. The van der Waals surface area contributed by atoms with E-state index in [1.165, 1.54) is 11.3 Å². The summed E-state index contributed by atoms with van der Waals surface area (Å²) < 4.78 is 5.19. The monoisotopic (exact) mass is 300 g/mol. The Hall–Kier alpha value is -1.60. The van der Waals surface area contributed by atoms with Gasteiger partial charge in [-0.1, -0.05) is 11.6 Å². The highest BCUT2D eigenvalue weighted by molar-refractivity contribution is 7.17. The fourth-order valence-corrected chi connectivity index (χ4v) is 3.10. The maximum atomic E-state index is 12.0. The van der Waals surface area contributed by atoms with Crippen molar-refractivity contribution in [2.45, 2.75) is 6.04 Å². The van der Waals surface area contributed by atoms with Crippen LogP contribution in [0.25, 0.3) is 0 Å². The molecule has 2 fully saturated rings. The topological polar surface area (TPSA) is 66.9 Å². The number of thiophene rings is 1.